The van der Waals surface area contributed by atoms with E-state index in [9.17, 15) is 4.79 Å². The van der Waals surface area contributed by atoms with Crippen LogP contribution >= 0.6 is 23.2 Å². The molecule has 1 amide bonds. The van der Waals surface area contributed by atoms with Crippen molar-refractivity contribution in [1.82, 2.24) is 5.32 Å². The summed E-state index contributed by atoms with van der Waals surface area (Å²) in [5.74, 6) is 0.0139. The van der Waals surface area contributed by atoms with Crippen LogP contribution in [0.25, 0.3) is 0 Å². The first-order valence-electron chi connectivity index (χ1n) is 6.80. The maximum absolute atomic E-state index is 12.7. The van der Waals surface area contributed by atoms with Crippen LogP contribution in [0.1, 0.15) is 32.3 Å². The lowest BCUT2D eigenvalue weighted by Gasteiger charge is -2.37. The fraction of sp³-hybridized carbons (Fsp3) is 0.533. The zero-order valence-corrected chi connectivity index (χ0v) is 13.2. The molecule has 1 aliphatic rings. The molecule has 1 aromatic rings. The van der Waals surface area contributed by atoms with Gasteiger partial charge >= 0.3 is 0 Å². The molecule has 1 saturated heterocycles. The number of benzene rings is 1. The van der Waals surface area contributed by atoms with Crippen molar-refractivity contribution in [3.05, 3.63) is 33.8 Å². The van der Waals surface area contributed by atoms with Crippen molar-refractivity contribution in [3.63, 3.8) is 0 Å². The number of hydrogen-bond donors (Lipinski definition) is 1. The van der Waals surface area contributed by atoms with Gasteiger partial charge in [-0.1, -0.05) is 29.3 Å². The second-order valence-corrected chi connectivity index (χ2v) is 6.29. The number of rotatable bonds is 3. The van der Waals surface area contributed by atoms with Gasteiger partial charge in [-0.3, -0.25) is 4.79 Å². The Morgan fingerprint density at radius 3 is 2.50 bits per heavy atom. The molecule has 20 heavy (non-hydrogen) atoms. The van der Waals surface area contributed by atoms with E-state index in [1.165, 1.54) is 0 Å². The van der Waals surface area contributed by atoms with Crippen LogP contribution in [0.5, 0.6) is 0 Å². The normalized spacial score (nSPS) is 18.1. The van der Waals surface area contributed by atoms with Gasteiger partial charge in [0.05, 0.1) is 5.41 Å². The van der Waals surface area contributed by atoms with E-state index in [-0.39, 0.29) is 11.9 Å². The van der Waals surface area contributed by atoms with Crippen LogP contribution in [-0.2, 0) is 14.9 Å². The van der Waals surface area contributed by atoms with Crippen molar-refractivity contribution >= 4 is 29.1 Å². The molecule has 1 aliphatic heterocycles. The van der Waals surface area contributed by atoms with Crippen molar-refractivity contribution in [2.75, 3.05) is 13.2 Å². The molecule has 0 bridgehead atoms. The molecule has 0 spiro atoms. The predicted octanol–water partition coefficient (Wildman–Crippen LogP) is 3.57. The number of hydrogen-bond acceptors (Lipinski definition) is 2. The van der Waals surface area contributed by atoms with Gasteiger partial charge in [-0.2, -0.15) is 0 Å². The second-order valence-electron chi connectivity index (χ2n) is 5.45. The maximum Gasteiger partial charge on any atom is 0.231 e. The van der Waals surface area contributed by atoms with Gasteiger partial charge in [-0.25, -0.2) is 0 Å². The standard InChI is InChI=1S/C15H19Cl2NO2/c1-10(2)18-14(19)15(5-7-20-8-6-15)12-4-3-11(16)9-13(12)17/h3-4,9-10H,5-8H2,1-2H3,(H,18,19). The van der Waals surface area contributed by atoms with Gasteiger partial charge in [-0.05, 0) is 44.4 Å². The Morgan fingerprint density at radius 2 is 1.95 bits per heavy atom. The zero-order valence-electron chi connectivity index (χ0n) is 11.7. The molecule has 1 N–H and O–H groups in total. The van der Waals surface area contributed by atoms with Crippen LogP contribution < -0.4 is 5.32 Å². The molecule has 0 aromatic heterocycles. The Balaban J connectivity index is 2.43. The monoisotopic (exact) mass is 315 g/mol. The molecule has 0 radical (unpaired) electrons. The number of carbonyl (C=O) groups is 1. The Labute approximate surface area is 129 Å². The lowest BCUT2D eigenvalue weighted by molar-refractivity contribution is -0.131. The number of nitrogens with one attached hydrogen (secondary N) is 1. The number of carbonyl (C=O) groups excluding carboxylic acids is 1. The molecule has 1 fully saturated rings. The van der Waals surface area contributed by atoms with E-state index in [0.717, 1.165) is 5.56 Å². The lowest BCUT2D eigenvalue weighted by atomic mass is 9.73. The summed E-state index contributed by atoms with van der Waals surface area (Å²) in [5, 5.41) is 4.12. The maximum atomic E-state index is 12.7. The summed E-state index contributed by atoms with van der Waals surface area (Å²) in [6.45, 7) is 5.03. The number of amides is 1. The zero-order chi connectivity index (χ0) is 14.8. The van der Waals surface area contributed by atoms with E-state index >= 15 is 0 Å². The molecule has 0 aliphatic carbocycles. The molecular formula is C15H19Cl2NO2. The molecule has 110 valence electrons. The highest BCUT2D eigenvalue weighted by molar-refractivity contribution is 6.35. The highest BCUT2D eigenvalue weighted by Gasteiger charge is 2.43. The van der Waals surface area contributed by atoms with Gasteiger partial charge in [0.25, 0.3) is 0 Å². The Kier molecular flexibility index (Phi) is 4.95. The van der Waals surface area contributed by atoms with Gasteiger partial charge < -0.3 is 10.1 Å². The highest BCUT2D eigenvalue weighted by atomic mass is 35.5. The van der Waals surface area contributed by atoms with Gasteiger partial charge in [0.1, 0.15) is 0 Å². The van der Waals surface area contributed by atoms with Crippen LogP contribution in [-0.4, -0.2) is 25.2 Å². The Bertz CT molecular complexity index is 497. The molecule has 3 nitrogen and oxygen atoms in total. The van der Waals surface area contributed by atoms with E-state index in [0.29, 0.717) is 36.1 Å². The average Bonchev–Trinajstić information content (AvgIpc) is 2.38. The lowest BCUT2D eigenvalue weighted by Crippen LogP contribution is -2.50. The van der Waals surface area contributed by atoms with Crippen LogP contribution in [0.4, 0.5) is 0 Å². The fourth-order valence-electron chi connectivity index (χ4n) is 2.62. The summed E-state index contributed by atoms with van der Waals surface area (Å²) in [6, 6.07) is 5.42. The fourth-order valence-corrected chi connectivity index (χ4v) is 3.21. The summed E-state index contributed by atoms with van der Waals surface area (Å²) in [4.78, 5) is 12.7. The summed E-state index contributed by atoms with van der Waals surface area (Å²) < 4.78 is 5.42. The highest BCUT2D eigenvalue weighted by Crippen LogP contribution is 2.40. The Hall–Kier alpha value is -0.770. The van der Waals surface area contributed by atoms with E-state index in [2.05, 4.69) is 5.32 Å². The van der Waals surface area contributed by atoms with Gasteiger partial charge in [0.15, 0.2) is 0 Å². The largest absolute Gasteiger partial charge is 0.381 e. The van der Waals surface area contributed by atoms with E-state index in [1.54, 1.807) is 12.1 Å². The summed E-state index contributed by atoms with van der Waals surface area (Å²) in [6.07, 6.45) is 1.26. The van der Waals surface area contributed by atoms with Crippen molar-refractivity contribution in [1.29, 1.82) is 0 Å². The third kappa shape index (κ3) is 3.11. The van der Waals surface area contributed by atoms with Crippen molar-refractivity contribution in [3.8, 4) is 0 Å². The van der Waals surface area contributed by atoms with Crippen LogP contribution in [0.15, 0.2) is 18.2 Å². The molecule has 0 atom stereocenters. The van der Waals surface area contributed by atoms with Crippen molar-refractivity contribution < 1.29 is 9.53 Å². The summed E-state index contributed by atoms with van der Waals surface area (Å²) in [5.41, 5.74) is 0.217. The minimum absolute atomic E-state index is 0.0139. The first-order chi connectivity index (χ1) is 9.45. The number of ether oxygens (including phenoxy) is 1. The minimum atomic E-state index is -0.621. The smallest absolute Gasteiger partial charge is 0.231 e. The second kappa shape index (κ2) is 6.33. The van der Waals surface area contributed by atoms with E-state index < -0.39 is 5.41 Å². The van der Waals surface area contributed by atoms with Crippen LogP contribution in [0, 0.1) is 0 Å². The molecule has 1 heterocycles. The molecule has 2 rings (SSSR count). The SMILES string of the molecule is CC(C)NC(=O)C1(c2ccc(Cl)cc2Cl)CCOCC1. The van der Waals surface area contributed by atoms with Gasteiger partial charge in [0.2, 0.25) is 5.91 Å². The molecule has 0 unspecified atom stereocenters. The van der Waals surface area contributed by atoms with Gasteiger partial charge in [0, 0.05) is 29.3 Å². The minimum Gasteiger partial charge on any atom is -0.381 e. The summed E-state index contributed by atoms with van der Waals surface area (Å²) in [7, 11) is 0. The quantitative estimate of drug-likeness (QED) is 0.926. The first-order valence-corrected chi connectivity index (χ1v) is 7.55. The average molecular weight is 316 g/mol. The molecule has 1 aromatic carbocycles. The topological polar surface area (TPSA) is 38.3 Å². The third-order valence-electron chi connectivity index (χ3n) is 3.65. The number of halogens is 2. The van der Waals surface area contributed by atoms with Crippen LogP contribution in [0.3, 0.4) is 0 Å². The molecule has 5 heteroatoms. The van der Waals surface area contributed by atoms with Crippen molar-refractivity contribution in [2.45, 2.75) is 38.1 Å². The molecule has 0 saturated carbocycles. The Morgan fingerprint density at radius 1 is 1.30 bits per heavy atom. The van der Waals surface area contributed by atoms with Crippen molar-refractivity contribution in [2.24, 2.45) is 0 Å². The predicted molar refractivity (Wildman–Crippen MR) is 81.5 cm³/mol. The summed E-state index contributed by atoms with van der Waals surface area (Å²) >= 11 is 12.3. The van der Waals surface area contributed by atoms with E-state index in [4.69, 9.17) is 27.9 Å². The van der Waals surface area contributed by atoms with E-state index in [1.807, 2.05) is 19.9 Å². The first kappa shape index (κ1) is 15.6. The van der Waals surface area contributed by atoms with Gasteiger partial charge in [-0.15, -0.1) is 0 Å². The third-order valence-corrected chi connectivity index (χ3v) is 4.20. The molecular weight excluding hydrogens is 297 g/mol. The van der Waals surface area contributed by atoms with Crippen LogP contribution in [0.2, 0.25) is 10.0 Å².